The van der Waals surface area contributed by atoms with E-state index < -0.39 is 5.97 Å². The largest absolute Gasteiger partial charge is 0.502 e. The summed E-state index contributed by atoms with van der Waals surface area (Å²) in [6.07, 6.45) is 1.95. The molecule has 0 saturated carbocycles. The van der Waals surface area contributed by atoms with Gasteiger partial charge in [0, 0.05) is 0 Å². The molecule has 0 amide bonds. The first-order valence-electron chi connectivity index (χ1n) is 5.66. The van der Waals surface area contributed by atoms with Crippen LogP contribution < -0.4 is 0 Å². The standard InChI is InChI=1S/C15H14O3/c1-18-15(17)14(16)10-9-12-7-4-6-11-5-2-3-8-13(11)12/h2-8,10,16H,9H2,1H3. The molecule has 0 saturated heterocycles. The molecule has 0 heterocycles. The highest BCUT2D eigenvalue weighted by molar-refractivity contribution is 5.87. The molecule has 2 rings (SSSR count). The maximum absolute atomic E-state index is 11.1. The molecule has 3 nitrogen and oxygen atoms in total. The summed E-state index contributed by atoms with van der Waals surface area (Å²) < 4.78 is 4.43. The van der Waals surface area contributed by atoms with E-state index in [0.717, 1.165) is 16.3 Å². The van der Waals surface area contributed by atoms with Gasteiger partial charge in [-0.2, -0.15) is 0 Å². The van der Waals surface area contributed by atoms with Crippen LogP contribution >= 0.6 is 0 Å². The van der Waals surface area contributed by atoms with Gasteiger partial charge < -0.3 is 9.84 Å². The summed E-state index contributed by atoms with van der Waals surface area (Å²) in [4.78, 5) is 11.1. The molecule has 0 radical (unpaired) electrons. The number of hydrogen-bond acceptors (Lipinski definition) is 3. The molecule has 0 aromatic heterocycles. The third-order valence-electron chi connectivity index (χ3n) is 2.79. The Morgan fingerprint density at radius 2 is 1.94 bits per heavy atom. The zero-order valence-corrected chi connectivity index (χ0v) is 10.1. The molecule has 1 N–H and O–H groups in total. The van der Waals surface area contributed by atoms with Crippen molar-refractivity contribution in [3.63, 3.8) is 0 Å². The SMILES string of the molecule is COC(=O)C(O)=CCc1cccc2ccccc12. The molecule has 0 unspecified atom stereocenters. The summed E-state index contributed by atoms with van der Waals surface area (Å²) in [6, 6.07) is 14.0. The second-order valence-corrected chi connectivity index (χ2v) is 3.92. The van der Waals surface area contributed by atoms with E-state index in [0.29, 0.717) is 6.42 Å². The van der Waals surface area contributed by atoms with Crippen LogP contribution in [0.5, 0.6) is 0 Å². The van der Waals surface area contributed by atoms with Gasteiger partial charge in [-0.1, -0.05) is 42.5 Å². The first kappa shape index (κ1) is 12.2. The number of methoxy groups -OCH3 is 1. The second kappa shape index (κ2) is 5.36. The van der Waals surface area contributed by atoms with Crippen LogP contribution in [0.3, 0.4) is 0 Å². The zero-order chi connectivity index (χ0) is 13.0. The molecule has 2 aromatic rings. The van der Waals surface area contributed by atoms with Crippen molar-refractivity contribution in [2.45, 2.75) is 6.42 Å². The lowest BCUT2D eigenvalue weighted by molar-refractivity contribution is -0.139. The van der Waals surface area contributed by atoms with E-state index in [1.165, 1.54) is 13.2 Å². The number of ether oxygens (including phenoxy) is 1. The highest BCUT2D eigenvalue weighted by Gasteiger charge is 2.06. The lowest BCUT2D eigenvalue weighted by Crippen LogP contribution is -2.04. The molecule has 92 valence electrons. The topological polar surface area (TPSA) is 46.5 Å². The number of rotatable bonds is 3. The maximum Gasteiger partial charge on any atom is 0.372 e. The average molecular weight is 242 g/mol. The van der Waals surface area contributed by atoms with E-state index in [1.54, 1.807) is 0 Å². The van der Waals surface area contributed by atoms with Gasteiger partial charge in [-0.3, -0.25) is 0 Å². The van der Waals surface area contributed by atoms with Gasteiger partial charge in [0.15, 0.2) is 5.76 Å². The summed E-state index contributed by atoms with van der Waals surface area (Å²) in [5.74, 6) is -1.07. The smallest absolute Gasteiger partial charge is 0.372 e. The van der Waals surface area contributed by atoms with E-state index in [2.05, 4.69) is 4.74 Å². The molecule has 3 heteroatoms. The van der Waals surface area contributed by atoms with Gasteiger partial charge in [0.25, 0.3) is 0 Å². The van der Waals surface area contributed by atoms with Crippen molar-refractivity contribution >= 4 is 16.7 Å². The molecular weight excluding hydrogens is 228 g/mol. The van der Waals surface area contributed by atoms with E-state index in [9.17, 15) is 9.90 Å². The first-order chi connectivity index (χ1) is 8.72. The normalized spacial score (nSPS) is 11.5. The van der Waals surface area contributed by atoms with E-state index >= 15 is 0 Å². The summed E-state index contributed by atoms with van der Waals surface area (Å²) in [6.45, 7) is 0. The molecule has 0 aliphatic carbocycles. The Kier molecular flexibility index (Phi) is 3.63. The quantitative estimate of drug-likeness (QED) is 0.511. The fraction of sp³-hybridized carbons (Fsp3) is 0.133. The molecule has 0 bridgehead atoms. The van der Waals surface area contributed by atoms with Gasteiger partial charge in [0.2, 0.25) is 0 Å². The van der Waals surface area contributed by atoms with Crippen LogP contribution in [0.15, 0.2) is 54.3 Å². The summed E-state index contributed by atoms with van der Waals surface area (Å²) in [7, 11) is 1.24. The average Bonchev–Trinajstić information content (AvgIpc) is 2.43. The Morgan fingerprint density at radius 1 is 1.22 bits per heavy atom. The number of carbonyl (C=O) groups is 1. The number of allylic oxidation sites excluding steroid dienone is 1. The molecular formula is C15H14O3. The minimum absolute atomic E-state index is 0.356. The van der Waals surface area contributed by atoms with Crippen molar-refractivity contribution < 1.29 is 14.6 Å². The number of hydrogen-bond donors (Lipinski definition) is 1. The highest BCUT2D eigenvalue weighted by Crippen LogP contribution is 2.19. The Labute approximate surface area is 105 Å². The van der Waals surface area contributed by atoms with Crippen LogP contribution in [0.2, 0.25) is 0 Å². The Balaban J connectivity index is 2.30. The molecule has 18 heavy (non-hydrogen) atoms. The second-order valence-electron chi connectivity index (χ2n) is 3.92. The number of aliphatic hydroxyl groups excluding tert-OH is 1. The number of aliphatic hydroxyl groups is 1. The predicted molar refractivity (Wildman–Crippen MR) is 70.4 cm³/mol. The number of carbonyl (C=O) groups excluding carboxylic acids is 1. The number of benzene rings is 2. The predicted octanol–water partition coefficient (Wildman–Crippen LogP) is 3.00. The van der Waals surface area contributed by atoms with E-state index in [4.69, 9.17) is 0 Å². The first-order valence-corrected chi connectivity index (χ1v) is 5.66. The fourth-order valence-electron chi connectivity index (χ4n) is 1.87. The number of esters is 1. The van der Waals surface area contributed by atoms with Crippen LogP contribution in [-0.4, -0.2) is 18.2 Å². The minimum atomic E-state index is -0.713. The van der Waals surface area contributed by atoms with Crippen LogP contribution in [0, 0.1) is 0 Å². The Hall–Kier alpha value is -2.29. The van der Waals surface area contributed by atoms with Gasteiger partial charge in [-0.25, -0.2) is 4.79 Å². The van der Waals surface area contributed by atoms with E-state index in [-0.39, 0.29) is 5.76 Å². The van der Waals surface area contributed by atoms with Crippen LogP contribution in [0.4, 0.5) is 0 Å². The van der Waals surface area contributed by atoms with Gasteiger partial charge in [0.1, 0.15) is 0 Å². The van der Waals surface area contributed by atoms with Crippen molar-refractivity contribution in [3.8, 4) is 0 Å². The Morgan fingerprint density at radius 3 is 2.72 bits per heavy atom. The third kappa shape index (κ3) is 2.51. The lowest BCUT2D eigenvalue weighted by atomic mass is 10.0. The van der Waals surface area contributed by atoms with Crippen molar-refractivity contribution in [2.75, 3.05) is 7.11 Å². The van der Waals surface area contributed by atoms with Crippen molar-refractivity contribution in [1.29, 1.82) is 0 Å². The van der Waals surface area contributed by atoms with Gasteiger partial charge in [-0.15, -0.1) is 0 Å². The van der Waals surface area contributed by atoms with Crippen LogP contribution in [0.1, 0.15) is 5.56 Å². The Bertz CT molecular complexity index is 594. The molecule has 0 aliphatic heterocycles. The lowest BCUT2D eigenvalue weighted by Gasteiger charge is -2.04. The third-order valence-corrected chi connectivity index (χ3v) is 2.79. The highest BCUT2D eigenvalue weighted by atomic mass is 16.5. The van der Waals surface area contributed by atoms with Crippen LogP contribution in [-0.2, 0) is 16.0 Å². The molecule has 0 fully saturated rings. The fourth-order valence-corrected chi connectivity index (χ4v) is 1.87. The van der Waals surface area contributed by atoms with E-state index in [1.807, 2.05) is 42.5 Å². The summed E-state index contributed by atoms with van der Waals surface area (Å²) in [5, 5.41) is 11.7. The minimum Gasteiger partial charge on any atom is -0.502 e. The molecule has 0 spiro atoms. The van der Waals surface area contributed by atoms with Gasteiger partial charge in [0.05, 0.1) is 7.11 Å². The van der Waals surface area contributed by atoms with Gasteiger partial charge >= 0.3 is 5.97 Å². The molecule has 2 aromatic carbocycles. The monoisotopic (exact) mass is 242 g/mol. The van der Waals surface area contributed by atoms with Crippen molar-refractivity contribution in [1.82, 2.24) is 0 Å². The number of fused-ring (bicyclic) bond motifs is 1. The molecule has 0 atom stereocenters. The molecule has 0 aliphatic rings. The van der Waals surface area contributed by atoms with Crippen molar-refractivity contribution in [3.05, 3.63) is 59.9 Å². The van der Waals surface area contributed by atoms with Crippen molar-refractivity contribution in [2.24, 2.45) is 0 Å². The summed E-state index contributed by atoms with van der Waals surface area (Å²) >= 11 is 0. The maximum atomic E-state index is 11.1. The van der Waals surface area contributed by atoms with Crippen LogP contribution in [0.25, 0.3) is 10.8 Å². The summed E-state index contributed by atoms with van der Waals surface area (Å²) in [5.41, 5.74) is 1.06. The van der Waals surface area contributed by atoms with Gasteiger partial charge in [-0.05, 0) is 28.8 Å². The zero-order valence-electron chi connectivity index (χ0n) is 10.1.